The molecule has 1 fully saturated rings. The number of aliphatic hydroxyl groups is 1. The Morgan fingerprint density at radius 3 is 2.15 bits per heavy atom. The van der Waals surface area contributed by atoms with Crippen molar-refractivity contribution in [1.29, 1.82) is 0 Å². The quantitative estimate of drug-likeness (QED) is 0.516. The number of morpholine rings is 1. The zero-order valence-corrected chi connectivity index (χ0v) is 19.1. The fourth-order valence-electron chi connectivity index (χ4n) is 3.79. The summed E-state index contributed by atoms with van der Waals surface area (Å²) in [5, 5.41) is 10.9. The Morgan fingerprint density at radius 1 is 1.06 bits per heavy atom. The van der Waals surface area contributed by atoms with E-state index in [1.165, 1.54) is 24.0 Å². The van der Waals surface area contributed by atoms with E-state index in [0.717, 1.165) is 0 Å². The largest absolute Gasteiger partial charge is 0.416 e. The third-order valence-electron chi connectivity index (χ3n) is 5.59. The summed E-state index contributed by atoms with van der Waals surface area (Å²) in [5.74, 6) is -0.721. The van der Waals surface area contributed by atoms with Crippen LogP contribution in [-0.4, -0.2) is 41.7 Å². The van der Waals surface area contributed by atoms with Crippen molar-refractivity contribution in [2.24, 2.45) is 0 Å². The van der Waals surface area contributed by atoms with E-state index >= 15 is 0 Å². The molecule has 3 rings (SSSR count). The van der Waals surface area contributed by atoms with E-state index in [9.17, 15) is 36.2 Å². The Morgan fingerprint density at radius 2 is 1.65 bits per heavy atom. The predicted octanol–water partition coefficient (Wildman–Crippen LogP) is 5.71. The second kappa shape index (κ2) is 9.56. The summed E-state index contributed by atoms with van der Waals surface area (Å²) in [7, 11) is 0. The first-order valence-electron chi connectivity index (χ1n) is 9.97. The molecule has 1 aliphatic rings. The van der Waals surface area contributed by atoms with E-state index in [1.807, 2.05) is 0 Å². The van der Waals surface area contributed by atoms with Crippen LogP contribution in [0.25, 0.3) is 0 Å². The van der Waals surface area contributed by atoms with Crippen LogP contribution in [-0.2, 0) is 33.9 Å². The number of halogens is 8. The molecule has 2 aromatic rings. The smallest absolute Gasteiger partial charge is 0.390 e. The minimum atomic E-state index is -5.02. The molecule has 186 valence electrons. The van der Waals surface area contributed by atoms with E-state index < -0.39 is 53.1 Å². The van der Waals surface area contributed by atoms with E-state index in [1.54, 1.807) is 6.07 Å². The average Bonchev–Trinajstić information content (AvgIpc) is 2.74. The number of ether oxygens (including phenoxy) is 1. The maximum atomic E-state index is 13.1. The van der Waals surface area contributed by atoms with Gasteiger partial charge in [-0.15, -0.1) is 0 Å². The molecule has 4 nitrogen and oxygen atoms in total. The molecule has 1 unspecified atom stereocenters. The summed E-state index contributed by atoms with van der Waals surface area (Å²) >= 11 is 12.0. The van der Waals surface area contributed by atoms with Gasteiger partial charge in [-0.3, -0.25) is 4.79 Å². The van der Waals surface area contributed by atoms with Crippen LogP contribution >= 0.6 is 23.2 Å². The number of hydrogen-bond donors (Lipinski definition) is 1. The van der Waals surface area contributed by atoms with E-state index in [2.05, 4.69) is 0 Å². The summed E-state index contributed by atoms with van der Waals surface area (Å²) in [6.07, 6.45) is -11.9. The lowest BCUT2D eigenvalue weighted by atomic mass is 9.86. The summed E-state index contributed by atoms with van der Waals surface area (Å²) in [6.45, 7) is 1.22. The van der Waals surface area contributed by atoms with E-state index in [4.69, 9.17) is 27.9 Å². The van der Waals surface area contributed by atoms with Crippen molar-refractivity contribution in [3.05, 3.63) is 68.7 Å². The summed E-state index contributed by atoms with van der Waals surface area (Å²) in [4.78, 5) is 14.2. The van der Waals surface area contributed by atoms with E-state index in [0.29, 0.717) is 17.7 Å². The van der Waals surface area contributed by atoms with Gasteiger partial charge >= 0.3 is 12.4 Å². The number of nitrogens with zero attached hydrogens (tertiary/aromatic N) is 1. The summed E-state index contributed by atoms with van der Waals surface area (Å²) in [6, 6.07) is 5.55. The van der Waals surface area contributed by atoms with Gasteiger partial charge in [-0.25, -0.2) is 0 Å². The van der Waals surface area contributed by atoms with Gasteiger partial charge < -0.3 is 14.7 Å². The zero-order valence-electron chi connectivity index (χ0n) is 17.6. The maximum Gasteiger partial charge on any atom is 0.416 e. The Balaban J connectivity index is 1.91. The molecular formula is C22H19Cl2F6NO3. The Kier molecular flexibility index (Phi) is 7.48. The first-order chi connectivity index (χ1) is 15.6. The van der Waals surface area contributed by atoms with Gasteiger partial charge in [0.1, 0.15) is 5.60 Å². The van der Waals surface area contributed by atoms with Gasteiger partial charge in [0.25, 0.3) is 0 Å². The van der Waals surface area contributed by atoms with Crippen LogP contribution in [0.4, 0.5) is 26.3 Å². The topological polar surface area (TPSA) is 49.8 Å². The van der Waals surface area contributed by atoms with Crippen molar-refractivity contribution < 1.29 is 41.0 Å². The number of amides is 1. The average molecular weight is 530 g/mol. The van der Waals surface area contributed by atoms with Crippen molar-refractivity contribution in [3.63, 3.8) is 0 Å². The SMILES string of the molecule is C[C@@H](O)C1(c2ccc(Cl)c(Cl)c2)CN(C(=O)Cc2cc(C(F)(F)F)cc(C(F)(F)F)c2)CCO1. The molecule has 12 heteroatoms. The van der Waals surface area contributed by atoms with Gasteiger partial charge in [0.15, 0.2) is 0 Å². The highest BCUT2D eigenvalue weighted by molar-refractivity contribution is 6.42. The first kappa shape index (κ1) is 26.6. The third-order valence-corrected chi connectivity index (χ3v) is 6.32. The highest BCUT2D eigenvalue weighted by Crippen LogP contribution is 2.38. The van der Waals surface area contributed by atoms with Gasteiger partial charge in [-0.1, -0.05) is 29.3 Å². The number of carbonyl (C=O) groups excluding carboxylic acids is 1. The van der Waals surface area contributed by atoms with Gasteiger partial charge in [0.2, 0.25) is 5.91 Å². The van der Waals surface area contributed by atoms with E-state index in [-0.39, 0.29) is 35.8 Å². The lowest BCUT2D eigenvalue weighted by Crippen LogP contribution is -2.57. The van der Waals surface area contributed by atoms with Crippen LogP contribution in [0.2, 0.25) is 10.0 Å². The van der Waals surface area contributed by atoms with Crippen molar-refractivity contribution >= 4 is 29.1 Å². The van der Waals surface area contributed by atoms with Gasteiger partial charge in [-0.05, 0) is 48.4 Å². The van der Waals surface area contributed by atoms with Crippen LogP contribution in [0.15, 0.2) is 36.4 Å². The van der Waals surface area contributed by atoms with Crippen molar-refractivity contribution in [3.8, 4) is 0 Å². The van der Waals surface area contributed by atoms with Crippen LogP contribution in [0.5, 0.6) is 0 Å². The van der Waals surface area contributed by atoms with Crippen LogP contribution in [0.1, 0.15) is 29.2 Å². The van der Waals surface area contributed by atoms with Crippen molar-refractivity contribution in [1.82, 2.24) is 4.90 Å². The Labute approximate surface area is 201 Å². The van der Waals surface area contributed by atoms with Gasteiger partial charge in [-0.2, -0.15) is 26.3 Å². The second-order valence-corrected chi connectivity index (χ2v) is 8.76. The third kappa shape index (κ3) is 5.62. The lowest BCUT2D eigenvalue weighted by molar-refractivity contribution is -0.177. The highest BCUT2D eigenvalue weighted by atomic mass is 35.5. The fourth-order valence-corrected chi connectivity index (χ4v) is 4.09. The normalized spacial score (nSPS) is 20.4. The molecule has 0 saturated carbocycles. The first-order valence-corrected chi connectivity index (χ1v) is 10.7. The Hall–Kier alpha value is -2.01. The summed E-state index contributed by atoms with van der Waals surface area (Å²) in [5.41, 5.74) is -4.45. The minimum Gasteiger partial charge on any atom is -0.390 e. The number of aliphatic hydroxyl groups excluding tert-OH is 1. The molecule has 0 radical (unpaired) electrons. The van der Waals surface area contributed by atoms with Crippen LogP contribution < -0.4 is 0 Å². The summed E-state index contributed by atoms with van der Waals surface area (Å²) < 4.78 is 84.7. The van der Waals surface area contributed by atoms with Crippen molar-refractivity contribution in [2.45, 2.75) is 37.4 Å². The molecule has 2 aromatic carbocycles. The molecule has 1 amide bonds. The molecule has 1 N–H and O–H groups in total. The predicted molar refractivity (Wildman–Crippen MR) is 113 cm³/mol. The number of rotatable bonds is 4. The zero-order chi connectivity index (χ0) is 25.5. The number of carbonyl (C=O) groups is 1. The standard InChI is InChI=1S/C22H19Cl2F6NO3/c1-12(32)20(14-2-3-17(23)18(24)10-14)11-31(4-5-34-20)19(33)8-13-6-15(21(25,26)27)9-16(7-13)22(28,29)30/h2-3,6-7,9-10,12,32H,4-5,8,11H2,1H3/t12-,20?/m1/s1. The molecule has 0 bridgehead atoms. The molecule has 1 heterocycles. The van der Waals surface area contributed by atoms with Crippen LogP contribution in [0.3, 0.4) is 0 Å². The fraction of sp³-hybridized carbons (Fsp3) is 0.409. The minimum absolute atomic E-state index is 0.00541. The molecule has 0 aromatic heterocycles. The molecule has 1 saturated heterocycles. The van der Waals surface area contributed by atoms with Gasteiger partial charge in [0.05, 0.1) is 46.8 Å². The molecule has 0 aliphatic carbocycles. The van der Waals surface area contributed by atoms with Gasteiger partial charge in [0, 0.05) is 6.54 Å². The highest BCUT2D eigenvalue weighted by Gasteiger charge is 2.44. The number of benzene rings is 2. The Bertz CT molecular complexity index is 1040. The molecule has 2 atom stereocenters. The molecular weight excluding hydrogens is 511 g/mol. The molecule has 1 aliphatic heterocycles. The molecule has 0 spiro atoms. The lowest BCUT2D eigenvalue weighted by Gasteiger charge is -2.45. The van der Waals surface area contributed by atoms with Crippen LogP contribution in [0, 0.1) is 0 Å². The molecule has 34 heavy (non-hydrogen) atoms. The number of hydrogen-bond acceptors (Lipinski definition) is 3. The van der Waals surface area contributed by atoms with Crippen molar-refractivity contribution in [2.75, 3.05) is 19.7 Å². The maximum absolute atomic E-state index is 13.1. The number of alkyl halides is 6. The second-order valence-electron chi connectivity index (χ2n) is 7.95. The monoisotopic (exact) mass is 529 g/mol.